The fourth-order valence-electron chi connectivity index (χ4n) is 2.97. The smallest absolute Gasteiger partial charge is 0.231 e. The molecule has 2 aromatic heterocycles. The molecule has 1 aliphatic rings. The fourth-order valence-corrected chi connectivity index (χ4v) is 5.58. The highest BCUT2D eigenvalue weighted by Gasteiger charge is 2.14. The predicted molar refractivity (Wildman–Crippen MR) is 126 cm³/mol. The van der Waals surface area contributed by atoms with Crippen molar-refractivity contribution in [3.8, 4) is 11.5 Å². The number of nitrogens with one attached hydrogen (secondary N) is 2. The van der Waals surface area contributed by atoms with Crippen molar-refractivity contribution < 1.29 is 9.47 Å². The Labute approximate surface area is 189 Å². The summed E-state index contributed by atoms with van der Waals surface area (Å²) in [5.41, 5.74) is 1.11. The molecule has 0 aliphatic carbocycles. The van der Waals surface area contributed by atoms with Crippen LogP contribution >= 0.6 is 34.8 Å². The van der Waals surface area contributed by atoms with E-state index in [1.807, 2.05) is 41.3 Å². The van der Waals surface area contributed by atoms with E-state index in [0.29, 0.717) is 6.54 Å². The molecule has 1 aromatic carbocycles. The second-order valence-corrected chi connectivity index (χ2v) is 9.97. The fraction of sp³-hybridized carbons (Fsp3) is 0.400. The minimum absolute atomic E-state index is 0.290. The standard InChI is InChI=1S/C20H25N5O2S3/c1-25(2)11-15-4-5-16(29-15)12-28-8-7-21-19-20(24-30-23-19)22-10-14-3-6-17-18(9-14)27-13-26-17/h3-6,9H,7-8,10-13H2,1-2H3,(H,21,23)(H,22,24). The lowest BCUT2D eigenvalue weighted by molar-refractivity contribution is 0.174. The zero-order chi connectivity index (χ0) is 20.8. The third kappa shape index (κ3) is 5.78. The van der Waals surface area contributed by atoms with Crippen molar-refractivity contribution in [1.29, 1.82) is 0 Å². The van der Waals surface area contributed by atoms with Crippen molar-refractivity contribution in [2.75, 3.05) is 43.8 Å². The van der Waals surface area contributed by atoms with E-state index in [1.165, 1.54) is 21.5 Å². The number of ether oxygens (including phenoxy) is 2. The lowest BCUT2D eigenvalue weighted by Gasteiger charge is -2.08. The van der Waals surface area contributed by atoms with Gasteiger partial charge in [0.1, 0.15) is 0 Å². The van der Waals surface area contributed by atoms with Crippen LogP contribution in [-0.2, 0) is 18.8 Å². The van der Waals surface area contributed by atoms with E-state index >= 15 is 0 Å². The molecule has 0 saturated heterocycles. The minimum Gasteiger partial charge on any atom is -0.454 e. The van der Waals surface area contributed by atoms with Gasteiger partial charge in [-0.3, -0.25) is 0 Å². The van der Waals surface area contributed by atoms with Crippen molar-refractivity contribution in [2.24, 2.45) is 0 Å². The van der Waals surface area contributed by atoms with Gasteiger partial charge >= 0.3 is 0 Å². The molecule has 7 nitrogen and oxygen atoms in total. The lowest BCUT2D eigenvalue weighted by Crippen LogP contribution is -2.09. The molecule has 4 rings (SSSR count). The van der Waals surface area contributed by atoms with Crippen LogP contribution in [0.25, 0.3) is 0 Å². The van der Waals surface area contributed by atoms with Gasteiger partial charge in [-0.1, -0.05) is 6.07 Å². The summed E-state index contributed by atoms with van der Waals surface area (Å²) in [5.74, 6) is 5.25. The molecule has 0 fully saturated rings. The summed E-state index contributed by atoms with van der Waals surface area (Å²) < 4.78 is 19.5. The Hall–Kier alpha value is -2.01. The van der Waals surface area contributed by atoms with Crippen molar-refractivity contribution in [3.05, 3.63) is 45.6 Å². The molecule has 0 amide bonds. The topological polar surface area (TPSA) is 71.5 Å². The van der Waals surface area contributed by atoms with Crippen molar-refractivity contribution in [2.45, 2.75) is 18.8 Å². The molecule has 0 spiro atoms. The Morgan fingerprint density at radius 2 is 1.83 bits per heavy atom. The van der Waals surface area contributed by atoms with E-state index in [2.05, 4.69) is 50.5 Å². The maximum Gasteiger partial charge on any atom is 0.231 e. The van der Waals surface area contributed by atoms with Crippen LogP contribution in [0.4, 0.5) is 11.6 Å². The van der Waals surface area contributed by atoms with Crippen LogP contribution in [0.1, 0.15) is 15.3 Å². The number of nitrogens with zero attached hydrogens (tertiary/aromatic N) is 3. The summed E-state index contributed by atoms with van der Waals surface area (Å²) in [5, 5.41) is 6.75. The molecule has 160 valence electrons. The van der Waals surface area contributed by atoms with Crippen LogP contribution in [0, 0.1) is 0 Å². The molecule has 0 unspecified atom stereocenters. The number of fused-ring (bicyclic) bond motifs is 1. The van der Waals surface area contributed by atoms with Crippen LogP contribution < -0.4 is 20.1 Å². The summed E-state index contributed by atoms with van der Waals surface area (Å²) in [6.45, 7) is 2.80. The Bertz CT molecular complexity index is 960. The molecule has 1 aliphatic heterocycles. The number of hydrogen-bond donors (Lipinski definition) is 2. The molecule has 30 heavy (non-hydrogen) atoms. The van der Waals surface area contributed by atoms with E-state index in [-0.39, 0.29) is 6.79 Å². The number of thiophene rings is 1. The van der Waals surface area contributed by atoms with Crippen molar-refractivity contribution >= 4 is 46.5 Å². The zero-order valence-corrected chi connectivity index (χ0v) is 19.5. The monoisotopic (exact) mass is 463 g/mol. The number of aromatic nitrogens is 2. The van der Waals surface area contributed by atoms with Gasteiger partial charge in [-0.05, 0) is 43.9 Å². The molecule has 0 radical (unpaired) electrons. The van der Waals surface area contributed by atoms with Crippen LogP contribution in [0.2, 0.25) is 0 Å². The van der Waals surface area contributed by atoms with Gasteiger partial charge in [0, 0.05) is 40.9 Å². The number of anilines is 2. The first-order chi connectivity index (χ1) is 14.7. The van der Waals surface area contributed by atoms with Crippen LogP contribution in [0.3, 0.4) is 0 Å². The largest absolute Gasteiger partial charge is 0.454 e. The molecule has 3 aromatic rings. The van der Waals surface area contributed by atoms with E-state index in [0.717, 1.165) is 53.3 Å². The van der Waals surface area contributed by atoms with Gasteiger partial charge in [0.2, 0.25) is 6.79 Å². The van der Waals surface area contributed by atoms with Gasteiger partial charge in [0.05, 0.1) is 11.7 Å². The highest BCUT2D eigenvalue weighted by atomic mass is 32.2. The van der Waals surface area contributed by atoms with Crippen LogP contribution in [-0.4, -0.2) is 46.8 Å². The first-order valence-corrected chi connectivity index (χ1v) is 12.4. The molecule has 2 N–H and O–H groups in total. The van der Waals surface area contributed by atoms with E-state index in [1.54, 1.807) is 0 Å². The minimum atomic E-state index is 0.290. The highest BCUT2D eigenvalue weighted by molar-refractivity contribution is 7.98. The maximum absolute atomic E-state index is 5.43. The molecular formula is C20H25N5O2S3. The average molecular weight is 464 g/mol. The van der Waals surface area contributed by atoms with Crippen molar-refractivity contribution in [1.82, 2.24) is 13.6 Å². The van der Waals surface area contributed by atoms with Gasteiger partial charge in [-0.15, -0.1) is 11.3 Å². The molecule has 0 atom stereocenters. The zero-order valence-electron chi connectivity index (χ0n) is 17.0. The first-order valence-electron chi connectivity index (χ1n) is 9.66. The summed E-state index contributed by atoms with van der Waals surface area (Å²) >= 11 is 5.04. The second-order valence-electron chi connectivity index (χ2n) is 7.09. The third-order valence-electron chi connectivity index (χ3n) is 4.36. The Morgan fingerprint density at radius 1 is 1.03 bits per heavy atom. The molecule has 10 heteroatoms. The summed E-state index contributed by atoms with van der Waals surface area (Å²) in [6, 6.07) is 10.4. The molecule has 0 bridgehead atoms. The van der Waals surface area contributed by atoms with Gasteiger partial charge in [-0.2, -0.15) is 20.5 Å². The van der Waals surface area contributed by atoms with Gasteiger partial charge in [-0.25, -0.2) is 0 Å². The van der Waals surface area contributed by atoms with E-state index in [9.17, 15) is 0 Å². The molecule has 3 heterocycles. The Balaban J connectivity index is 1.18. The van der Waals surface area contributed by atoms with Crippen LogP contribution in [0.15, 0.2) is 30.3 Å². The normalized spacial score (nSPS) is 12.5. The summed E-state index contributed by atoms with van der Waals surface area (Å²) in [6.07, 6.45) is 0. The molecular weight excluding hydrogens is 438 g/mol. The van der Waals surface area contributed by atoms with Crippen LogP contribution in [0.5, 0.6) is 11.5 Å². The summed E-state index contributed by atoms with van der Waals surface area (Å²) in [4.78, 5) is 5.05. The van der Waals surface area contributed by atoms with Gasteiger partial charge < -0.3 is 25.0 Å². The predicted octanol–water partition coefficient (Wildman–Crippen LogP) is 4.35. The van der Waals surface area contributed by atoms with Gasteiger partial charge in [0.15, 0.2) is 23.1 Å². The highest BCUT2D eigenvalue weighted by Crippen LogP contribution is 2.32. The third-order valence-corrected chi connectivity index (χ3v) is 7.15. The maximum atomic E-state index is 5.43. The second kappa shape index (κ2) is 10.3. The Morgan fingerprint density at radius 3 is 2.70 bits per heavy atom. The quantitative estimate of drug-likeness (QED) is 0.407. The average Bonchev–Trinajstić information content (AvgIpc) is 3.46. The number of hydrogen-bond acceptors (Lipinski definition) is 10. The number of thioether (sulfide) groups is 1. The van der Waals surface area contributed by atoms with E-state index in [4.69, 9.17) is 9.47 Å². The summed E-state index contributed by atoms with van der Waals surface area (Å²) in [7, 11) is 4.21. The van der Waals surface area contributed by atoms with Gasteiger partial charge in [0.25, 0.3) is 0 Å². The van der Waals surface area contributed by atoms with E-state index < -0.39 is 0 Å². The number of benzene rings is 1. The SMILES string of the molecule is CN(C)Cc1ccc(CSCCNc2nsnc2NCc2ccc3c(c2)OCO3)s1. The van der Waals surface area contributed by atoms with Crippen molar-refractivity contribution in [3.63, 3.8) is 0 Å². The number of rotatable bonds is 11. The molecule has 0 saturated carbocycles. The Kier molecular flexibility index (Phi) is 7.32. The first kappa shape index (κ1) is 21.2. The lowest BCUT2D eigenvalue weighted by atomic mass is 10.2.